The molecule has 0 saturated carbocycles. The maximum absolute atomic E-state index is 10.6. The van der Waals surface area contributed by atoms with Gasteiger partial charge in [-0.25, -0.2) is 4.79 Å². The van der Waals surface area contributed by atoms with E-state index in [9.17, 15) is 4.79 Å². The van der Waals surface area contributed by atoms with Crippen LogP contribution in [0.4, 0.5) is 16.2 Å². The number of rotatable bonds is 2. The molecule has 0 amide bonds. The van der Waals surface area contributed by atoms with Gasteiger partial charge in [0.2, 0.25) is 5.96 Å². The monoisotopic (exact) mass is 280 g/mol. The molecular weight excluding hydrogens is 264 g/mol. The van der Waals surface area contributed by atoms with Crippen LogP contribution in [0.2, 0.25) is 0 Å². The van der Waals surface area contributed by atoms with Crippen molar-refractivity contribution in [2.45, 2.75) is 0 Å². The van der Waals surface area contributed by atoms with Crippen LogP contribution >= 0.6 is 0 Å². The Balaban J connectivity index is 2.12. The second-order valence-electron chi connectivity index (χ2n) is 4.15. The van der Waals surface area contributed by atoms with E-state index >= 15 is 0 Å². The molecule has 0 bridgehead atoms. The second-order valence-corrected chi connectivity index (χ2v) is 4.15. The van der Waals surface area contributed by atoms with Crippen molar-refractivity contribution in [1.29, 1.82) is 5.41 Å². The van der Waals surface area contributed by atoms with Gasteiger partial charge in [-0.3, -0.25) is 10.2 Å². The van der Waals surface area contributed by atoms with Crippen LogP contribution in [0.15, 0.2) is 24.3 Å². The molecule has 1 fully saturated rings. The number of ether oxygens (including phenoxy) is 1. The lowest BCUT2D eigenvalue weighted by molar-refractivity contribution is 0.0942. The lowest BCUT2D eigenvalue weighted by Gasteiger charge is -2.29. The van der Waals surface area contributed by atoms with Crippen LogP contribution in [-0.4, -0.2) is 43.5 Å². The second kappa shape index (κ2) is 6.11. The van der Waals surface area contributed by atoms with Crippen LogP contribution in [-0.2, 0) is 9.57 Å². The Labute approximate surface area is 115 Å². The molecule has 0 aromatic heterocycles. The molecule has 0 aliphatic carbocycles. The zero-order chi connectivity index (χ0) is 14.5. The Morgan fingerprint density at radius 2 is 1.95 bits per heavy atom. The first-order chi connectivity index (χ1) is 9.58. The number of guanidine groups is 1. The highest BCUT2D eigenvalue weighted by Crippen LogP contribution is 2.21. The third-order valence-electron chi connectivity index (χ3n) is 2.85. The van der Waals surface area contributed by atoms with Gasteiger partial charge in [0.1, 0.15) is 0 Å². The van der Waals surface area contributed by atoms with E-state index in [4.69, 9.17) is 21.0 Å². The van der Waals surface area contributed by atoms with E-state index in [-0.39, 0.29) is 0 Å². The van der Waals surface area contributed by atoms with Crippen molar-refractivity contribution in [2.24, 2.45) is 5.73 Å². The van der Waals surface area contributed by atoms with Crippen LogP contribution < -0.4 is 15.7 Å². The van der Waals surface area contributed by atoms with Gasteiger partial charge < -0.3 is 20.5 Å². The number of benzene rings is 1. The summed E-state index contributed by atoms with van der Waals surface area (Å²) in [6.45, 7) is 2.98. The average Bonchev–Trinajstić information content (AvgIpc) is 2.45. The molecule has 8 nitrogen and oxygen atoms in total. The van der Waals surface area contributed by atoms with E-state index in [1.165, 1.54) is 0 Å². The summed E-state index contributed by atoms with van der Waals surface area (Å²) >= 11 is 0. The summed E-state index contributed by atoms with van der Waals surface area (Å²) < 4.78 is 5.28. The van der Waals surface area contributed by atoms with Crippen molar-refractivity contribution in [3.05, 3.63) is 24.3 Å². The summed E-state index contributed by atoms with van der Waals surface area (Å²) in [5.74, 6) is -0.508. The van der Waals surface area contributed by atoms with E-state index in [0.717, 1.165) is 23.8 Å². The Kier molecular flexibility index (Phi) is 4.26. The Bertz CT molecular complexity index is 485. The number of nitrogens with two attached hydrogens (primary N) is 1. The number of carboxylic acid groups (broad SMARTS) is 1. The zero-order valence-electron chi connectivity index (χ0n) is 10.8. The standard InChI is InChI=1S/C12H16N4O4/c13-11(14)16(20-12(17)18)10-3-1-9(2-4-10)15-5-7-19-8-6-15/h1-4H,5-8H2,(H3,13,14)(H,17,18). The molecular formula is C12H16N4O4. The first-order valence-electron chi connectivity index (χ1n) is 6.06. The van der Waals surface area contributed by atoms with Crippen molar-refractivity contribution in [1.82, 2.24) is 0 Å². The van der Waals surface area contributed by atoms with Crippen LogP contribution in [0.1, 0.15) is 0 Å². The molecule has 0 radical (unpaired) electrons. The van der Waals surface area contributed by atoms with Crippen molar-refractivity contribution in [3.63, 3.8) is 0 Å². The molecule has 4 N–H and O–H groups in total. The molecule has 8 heteroatoms. The maximum atomic E-state index is 10.6. The van der Waals surface area contributed by atoms with Gasteiger partial charge in [0, 0.05) is 18.8 Å². The average molecular weight is 280 g/mol. The van der Waals surface area contributed by atoms with Crippen LogP contribution in [0.5, 0.6) is 0 Å². The molecule has 0 unspecified atom stereocenters. The topological polar surface area (TPSA) is 112 Å². The highest BCUT2D eigenvalue weighted by atomic mass is 16.8. The van der Waals surface area contributed by atoms with Gasteiger partial charge in [0.15, 0.2) is 0 Å². The molecule has 1 saturated heterocycles. The normalized spacial score (nSPS) is 14.7. The Hall–Kier alpha value is -2.48. The molecule has 1 heterocycles. The van der Waals surface area contributed by atoms with E-state index in [0.29, 0.717) is 18.9 Å². The first-order valence-corrected chi connectivity index (χ1v) is 6.06. The molecule has 0 spiro atoms. The molecule has 0 atom stereocenters. The number of hydrogen-bond donors (Lipinski definition) is 3. The van der Waals surface area contributed by atoms with E-state index in [1.807, 2.05) is 12.1 Å². The van der Waals surface area contributed by atoms with Crippen molar-refractivity contribution in [3.8, 4) is 0 Å². The fourth-order valence-electron chi connectivity index (χ4n) is 1.94. The largest absolute Gasteiger partial charge is 0.531 e. The predicted molar refractivity (Wildman–Crippen MR) is 73.0 cm³/mol. The molecule has 1 aromatic carbocycles. The Morgan fingerprint density at radius 3 is 2.45 bits per heavy atom. The van der Waals surface area contributed by atoms with Gasteiger partial charge in [-0.15, -0.1) is 5.06 Å². The SMILES string of the molecule is N=C(N)N(OC(=O)O)c1ccc(N2CCOCC2)cc1. The molecule has 1 aliphatic rings. The number of morpholine rings is 1. The van der Waals surface area contributed by atoms with Gasteiger partial charge >= 0.3 is 6.16 Å². The quantitative estimate of drug-likeness (QED) is 0.418. The zero-order valence-corrected chi connectivity index (χ0v) is 10.8. The summed E-state index contributed by atoms with van der Waals surface area (Å²) in [4.78, 5) is 17.2. The molecule has 1 aromatic rings. The number of nitrogens with one attached hydrogen (secondary N) is 1. The van der Waals surface area contributed by atoms with Crippen molar-refractivity contribution >= 4 is 23.5 Å². The summed E-state index contributed by atoms with van der Waals surface area (Å²) in [5, 5.41) is 16.7. The summed E-state index contributed by atoms with van der Waals surface area (Å²) in [7, 11) is 0. The highest BCUT2D eigenvalue weighted by molar-refractivity contribution is 5.92. The van der Waals surface area contributed by atoms with Crippen molar-refractivity contribution in [2.75, 3.05) is 36.3 Å². The maximum Gasteiger partial charge on any atom is 0.531 e. The minimum atomic E-state index is -1.53. The molecule has 2 rings (SSSR count). The summed E-state index contributed by atoms with van der Waals surface area (Å²) in [5.41, 5.74) is 6.66. The molecule has 20 heavy (non-hydrogen) atoms. The number of anilines is 2. The minimum absolute atomic E-state index is 0.372. The highest BCUT2D eigenvalue weighted by Gasteiger charge is 2.16. The summed E-state index contributed by atoms with van der Waals surface area (Å²) in [6, 6.07) is 6.94. The predicted octanol–water partition coefficient (Wildman–Crippen LogP) is 0.833. The smallest absolute Gasteiger partial charge is 0.448 e. The lowest BCUT2D eigenvalue weighted by Crippen LogP contribution is -2.38. The van der Waals surface area contributed by atoms with Gasteiger partial charge in [0.25, 0.3) is 0 Å². The van der Waals surface area contributed by atoms with Gasteiger partial charge in [-0.05, 0) is 24.3 Å². The van der Waals surface area contributed by atoms with Crippen LogP contribution in [0.25, 0.3) is 0 Å². The number of nitrogens with zero attached hydrogens (tertiary/aromatic N) is 2. The van der Waals surface area contributed by atoms with Crippen LogP contribution in [0.3, 0.4) is 0 Å². The number of carbonyl (C=O) groups is 1. The van der Waals surface area contributed by atoms with Gasteiger partial charge in [-0.1, -0.05) is 0 Å². The summed E-state index contributed by atoms with van der Waals surface area (Å²) in [6.07, 6.45) is -1.53. The fraction of sp³-hybridized carbons (Fsp3) is 0.333. The third-order valence-corrected chi connectivity index (χ3v) is 2.85. The molecule has 108 valence electrons. The van der Waals surface area contributed by atoms with Crippen molar-refractivity contribution < 1.29 is 19.5 Å². The lowest BCUT2D eigenvalue weighted by atomic mass is 10.2. The fourth-order valence-corrected chi connectivity index (χ4v) is 1.94. The first kappa shape index (κ1) is 13.9. The third kappa shape index (κ3) is 3.29. The number of hydroxylamine groups is 1. The Morgan fingerprint density at radius 1 is 1.35 bits per heavy atom. The van der Waals surface area contributed by atoms with Crippen LogP contribution in [0, 0.1) is 5.41 Å². The van der Waals surface area contributed by atoms with E-state index in [2.05, 4.69) is 9.74 Å². The minimum Gasteiger partial charge on any atom is -0.448 e. The number of hydrogen-bond acceptors (Lipinski definition) is 5. The van der Waals surface area contributed by atoms with Gasteiger partial charge in [0.05, 0.1) is 18.9 Å². The van der Waals surface area contributed by atoms with E-state index < -0.39 is 12.1 Å². The van der Waals surface area contributed by atoms with Gasteiger partial charge in [-0.2, -0.15) is 0 Å². The molecule has 1 aliphatic heterocycles. The van der Waals surface area contributed by atoms with E-state index in [1.54, 1.807) is 12.1 Å².